The molecule has 1 aliphatic heterocycles. The summed E-state index contributed by atoms with van der Waals surface area (Å²) in [5.41, 5.74) is 2.98. The molecule has 0 saturated heterocycles. The monoisotopic (exact) mass is 394 g/mol. The molecule has 2 aromatic rings. The highest BCUT2D eigenvalue weighted by Crippen LogP contribution is 2.25. The van der Waals surface area contributed by atoms with Crippen LogP contribution < -0.4 is 5.32 Å². The predicted molar refractivity (Wildman–Crippen MR) is 107 cm³/mol. The maximum absolute atomic E-state index is 12.5. The van der Waals surface area contributed by atoms with Crippen LogP contribution in [0.3, 0.4) is 0 Å². The molecule has 0 spiro atoms. The van der Waals surface area contributed by atoms with Gasteiger partial charge < -0.3 is 10.1 Å². The number of fused-ring (bicyclic) bond motifs is 1. The molecular formula is C22H22N2O5. The summed E-state index contributed by atoms with van der Waals surface area (Å²) < 4.78 is 5.23. The summed E-state index contributed by atoms with van der Waals surface area (Å²) in [5, 5.41) is 2.73. The zero-order valence-corrected chi connectivity index (χ0v) is 16.7. The van der Waals surface area contributed by atoms with Gasteiger partial charge in [0.05, 0.1) is 11.1 Å². The van der Waals surface area contributed by atoms with E-state index in [0.717, 1.165) is 16.0 Å². The van der Waals surface area contributed by atoms with Crippen LogP contribution in [-0.2, 0) is 14.3 Å². The van der Waals surface area contributed by atoms with E-state index in [0.29, 0.717) is 5.69 Å². The van der Waals surface area contributed by atoms with Crippen molar-refractivity contribution in [1.29, 1.82) is 0 Å². The van der Waals surface area contributed by atoms with Crippen molar-refractivity contribution in [1.82, 2.24) is 4.90 Å². The van der Waals surface area contributed by atoms with Crippen molar-refractivity contribution in [3.8, 4) is 0 Å². The summed E-state index contributed by atoms with van der Waals surface area (Å²) in [6.45, 7) is 6.60. The zero-order valence-electron chi connectivity index (χ0n) is 16.7. The van der Waals surface area contributed by atoms with Gasteiger partial charge in [0.25, 0.3) is 17.7 Å². The lowest BCUT2D eigenvalue weighted by Crippen LogP contribution is -2.45. The van der Waals surface area contributed by atoms with E-state index in [1.165, 1.54) is 26.0 Å². The first kappa shape index (κ1) is 20.3. The maximum Gasteiger partial charge on any atom is 0.329 e. The van der Waals surface area contributed by atoms with Crippen LogP contribution in [0.15, 0.2) is 42.5 Å². The third kappa shape index (κ3) is 3.89. The molecule has 0 aromatic heterocycles. The van der Waals surface area contributed by atoms with Gasteiger partial charge in [0.1, 0.15) is 6.04 Å². The number of amides is 3. The van der Waals surface area contributed by atoms with Gasteiger partial charge in [-0.1, -0.05) is 24.3 Å². The van der Waals surface area contributed by atoms with E-state index < -0.39 is 35.8 Å². The van der Waals surface area contributed by atoms with Gasteiger partial charge in [-0.05, 0) is 57.0 Å². The molecule has 0 bridgehead atoms. The lowest BCUT2D eigenvalue weighted by atomic mass is 10.1. The second kappa shape index (κ2) is 7.87. The van der Waals surface area contributed by atoms with E-state index in [2.05, 4.69) is 5.32 Å². The molecule has 3 amide bonds. The Balaban J connectivity index is 1.66. The van der Waals surface area contributed by atoms with E-state index >= 15 is 0 Å². The quantitative estimate of drug-likeness (QED) is 0.622. The molecule has 1 heterocycles. The average molecular weight is 394 g/mol. The number of anilines is 1. The molecule has 0 radical (unpaired) electrons. The van der Waals surface area contributed by atoms with Gasteiger partial charge in [-0.3, -0.25) is 19.3 Å². The first-order valence-electron chi connectivity index (χ1n) is 9.26. The lowest BCUT2D eigenvalue weighted by molar-refractivity contribution is -0.156. The second-order valence-electron chi connectivity index (χ2n) is 7.09. The number of benzene rings is 2. The molecule has 3 rings (SSSR count). The van der Waals surface area contributed by atoms with Gasteiger partial charge in [-0.25, -0.2) is 4.79 Å². The number of ether oxygens (including phenoxy) is 1. The Labute approximate surface area is 168 Å². The molecule has 0 unspecified atom stereocenters. The molecule has 29 heavy (non-hydrogen) atoms. The van der Waals surface area contributed by atoms with Gasteiger partial charge in [0.15, 0.2) is 6.10 Å². The fraction of sp³-hybridized carbons (Fsp3) is 0.273. The number of nitrogens with zero attached hydrogens (tertiary/aromatic N) is 1. The molecule has 0 saturated carbocycles. The van der Waals surface area contributed by atoms with Crippen molar-refractivity contribution in [2.75, 3.05) is 5.32 Å². The van der Waals surface area contributed by atoms with Crippen LogP contribution >= 0.6 is 0 Å². The average Bonchev–Trinajstić information content (AvgIpc) is 2.94. The van der Waals surface area contributed by atoms with Crippen molar-refractivity contribution in [3.63, 3.8) is 0 Å². The Hall–Kier alpha value is -3.48. The molecule has 2 atom stereocenters. The zero-order chi connectivity index (χ0) is 21.3. The highest BCUT2D eigenvalue weighted by atomic mass is 16.5. The topological polar surface area (TPSA) is 92.8 Å². The predicted octanol–water partition coefficient (Wildman–Crippen LogP) is 2.86. The smallest absolute Gasteiger partial charge is 0.329 e. The third-order valence-corrected chi connectivity index (χ3v) is 4.87. The number of imide groups is 1. The first-order valence-corrected chi connectivity index (χ1v) is 9.26. The molecule has 7 nitrogen and oxygen atoms in total. The number of hydrogen-bond donors (Lipinski definition) is 1. The van der Waals surface area contributed by atoms with Gasteiger partial charge in [0.2, 0.25) is 0 Å². The van der Waals surface area contributed by atoms with Crippen molar-refractivity contribution >= 4 is 29.4 Å². The Morgan fingerprint density at radius 1 is 0.966 bits per heavy atom. The van der Waals surface area contributed by atoms with Crippen LogP contribution in [0.1, 0.15) is 45.7 Å². The van der Waals surface area contributed by atoms with E-state index in [1.807, 2.05) is 32.0 Å². The largest absolute Gasteiger partial charge is 0.451 e. The highest BCUT2D eigenvalue weighted by molar-refractivity contribution is 6.22. The molecule has 7 heteroatoms. The minimum atomic E-state index is -1.15. The Morgan fingerprint density at radius 3 is 2.14 bits per heavy atom. The minimum Gasteiger partial charge on any atom is -0.451 e. The van der Waals surface area contributed by atoms with Gasteiger partial charge >= 0.3 is 5.97 Å². The minimum absolute atomic E-state index is 0.248. The van der Waals surface area contributed by atoms with Crippen molar-refractivity contribution in [3.05, 3.63) is 64.7 Å². The standard InChI is InChI=1S/C22H22N2O5/c1-12-9-10-13(2)18(11-12)23-19(25)15(4)29-22(28)14(3)24-20(26)16-7-5-6-8-17(16)21(24)27/h5-11,14-15H,1-4H3,(H,23,25)/t14-,15-/m0/s1. The van der Waals surface area contributed by atoms with Gasteiger partial charge in [-0.15, -0.1) is 0 Å². The van der Waals surface area contributed by atoms with Crippen molar-refractivity contribution < 1.29 is 23.9 Å². The fourth-order valence-electron chi connectivity index (χ4n) is 3.10. The molecule has 0 aliphatic carbocycles. The highest BCUT2D eigenvalue weighted by Gasteiger charge is 2.41. The normalized spacial score (nSPS) is 15.0. The molecule has 1 aliphatic rings. The molecule has 1 N–H and O–H groups in total. The van der Waals surface area contributed by atoms with Gasteiger partial charge in [-0.2, -0.15) is 0 Å². The fourth-order valence-corrected chi connectivity index (χ4v) is 3.10. The molecule has 0 fully saturated rings. The van der Waals surface area contributed by atoms with E-state index in [9.17, 15) is 19.2 Å². The number of rotatable bonds is 5. The van der Waals surface area contributed by atoms with E-state index in [-0.39, 0.29) is 11.1 Å². The van der Waals surface area contributed by atoms with Crippen LogP contribution in [0, 0.1) is 13.8 Å². The Bertz CT molecular complexity index is 979. The van der Waals surface area contributed by atoms with E-state index in [1.54, 1.807) is 12.1 Å². The summed E-state index contributed by atoms with van der Waals surface area (Å²) in [5.74, 6) is -2.44. The van der Waals surface area contributed by atoms with Crippen molar-refractivity contribution in [2.45, 2.75) is 39.8 Å². The number of aryl methyl sites for hydroxylation is 2. The van der Waals surface area contributed by atoms with Crippen LogP contribution in [0.5, 0.6) is 0 Å². The van der Waals surface area contributed by atoms with E-state index in [4.69, 9.17) is 4.74 Å². The molecule has 2 aromatic carbocycles. The summed E-state index contributed by atoms with van der Waals surface area (Å²) in [6, 6.07) is 10.8. The summed E-state index contributed by atoms with van der Waals surface area (Å²) in [6.07, 6.45) is -1.10. The summed E-state index contributed by atoms with van der Waals surface area (Å²) in [4.78, 5) is 50.8. The summed E-state index contributed by atoms with van der Waals surface area (Å²) >= 11 is 0. The summed E-state index contributed by atoms with van der Waals surface area (Å²) in [7, 11) is 0. The van der Waals surface area contributed by atoms with Crippen LogP contribution in [0.4, 0.5) is 5.69 Å². The third-order valence-electron chi connectivity index (χ3n) is 4.87. The van der Waals surface area contributed by atoms with Crippen LogP contribution in [-0.4, -0.2) is 40.7 Å². The van der Waals surface area contributed by atoms with Crippen molar-refractivity contribution in [2.24, 2.45) is 0 Å². The maximum atomic E-state index is 12.5. The number of carbonyl (C=O) groups is 4. The van der Waals surface area contributed by atoms with Crippen LogP contribution in [0.25, 0.3) is 0 Å². The molecular weight excluding hydrogens is 372 g/mol. The first-order chi connectivity index (χ1) is 13.7. The number of nitrogens with one attached hydrogen (secondary N) is 1. The van der Waals surface area contributed by atoms with Gasteiger partial charge in [0, 0.05) is 5.69 Å². The number of esters is 1. The Morgan fingerprint density at radius 2 is 1.55 bits per heavy atom. The number of carbonyl (C=O) groups excluding carboxylic acids is 4. The second-order valence-corrected chi connectivity index (χ2v) is 7.09. The number of hydrogen-bond acceptors (Lipinski definition) is 5. The lowest BCUT2D eigenvalue weighted by Gasteiger charge is -2.23. The SMILES string of the molecule is Cc1ccc(C)c(NC(=O)[C@H](C)OC(=O)[C@H](C)N2C(=O)c3ccccc3C2=O)c1. The van der Waals surface area contributed by atoms with Crippen LogP contribution in [0.2, 0.25) is 0 Å². The molecule has 150 valence electrons. The Kier molecular flexibility index (Phi) is 5.50.